The number of fused-ring (bicyclic) bond motifs is 1. The van der Waals surface area contributed by atoms with E-state index in [4.69, 9.17) is 0 Å². The highest BCUT2D eigenvalue weighted by Crippen LogP contribution is 2.42. The van der Waals surface area contributed by atoms with Gasteiger partial charge in [0.15, 0.2) is 0 Å². The lowest BCUT2D eigenvalue weighted by atomic mass is 9.68. The molecule has 2 aliphatic carbocycles. The third-order valence-electron chi connectivity index (χ3n) is 8.88. The molecule has 0 aliphatic heterocycles. The Bertz CT molecular complexity index is 916. The van der Waals surface area contributed by atoms with Crippen LogP contribution in [0.3, 0.4) is 0 Å². The summed E-state index contributed by atoms with van der Waals surface area (Å²) in [6.45, 7) is 4.38. The van der Waals surface area contributed by atoms with Gasteiger partial charge in [-0.3, -0.25) is 0 Å². The molecule has 2 saturated carbocycles. The Morgan fingerprint density at radius 3 is 1.94 bits per heavy atom. The predicted octanol–water partition coefficient (Wildman–Crippen LogP) is 10.3. The molecule has 2 aromatic rings. The van der Waals surface area contributed by atoms with Crippen molar-refractivity contribution >= 4 is 10.8 Å². The smallest absolute Gasteiger partial charge is 0.0181 e. The quantitative estimate of drug-likeness (QED) is 0.312. The minimum absolute atomic E-state index is 0.880. The van der Waals surface area contributed by atoms with Crippen LogP contribution in [0.1, 0.15) is 102 Å². The van der Waals surface area contributed by atoms with Crippen molar-refractivity contribution < 1.29 is 0 Å². The molecule has 0 nitrogen and oxygen atoms in total. The first-order valence-corrected chi connectivity index (χ1v) is 14.5. The van der Waals surface area contributed by atoms with Gasteiger partial charge < -0.3 is 0 Å². The predicted molar refractivity (Wildman–Crippen MR) is 150 cm³/mol. The lowest BCUT2D eigenvalue weighted by Gasteiger charge is -2.37. The number of benzene rings is 2. The van der Waals surface area contributed by atoms with E-state index in [0.29, 0.717) is 0 Å². The van der Waals surface area contributed by atoms with Crippen LogP contribution in [0.4, 0.5) is 0 Å². The molecule has 4 rings (SSSR count). The van der Waals surface area contributed by atoms with Crippen LogP contribution in [0, 0.1) is 23.7 Å². The SMILES string of the molecule is C/C=C/CCc1ccc2cc(CCC3CCC(C4CCC(/C=C/CCC)CC4)CC3)ccc2c1. The van der Waals surface area contributed by atoms with E-state index >= 15 is 0 Å². The summed E-state index contributed by atoms with van der Waals surface area (Å²) in [4.78, 5) is 0. The molecule has 184 valence electrons. The Labute approximate surface area is 209 Å². The number of allylic oxidation sites excluding steroid dienone is 4. The van der Waals surface area contributed by atoms with E-state index in [1.807, 2.05) is 0 Å². The fourth-order valence-electron chi connectivity index (χ4n) is 6.66. The summed E-state index contributed by atoms with van der Waals surface area (Å²) in [5.74, 6) is 3.89. The highest BCUT2D eigenvalue weighted by molar-refractivity contribution is 5.83. The maximum Gasteiger partial charge on any atom is -0.0181 e. The summed E-state index contributed by atoms with van der Waals surface area (Å²) in [5, 5.41) is 2.81. The molecule has 0 aromatic heterocycles. The first-order chi connectivity index (χ1) is 16.7. The zero-order valence-electron chi connectivity index (χ0n) is 22.0. The molecule has 0 amide bonds. The van der Waals surface area contributed by atoms with Gasteiger partial charge in [-0.1, -0.05) is 86.9 Å². The van der Waals surface area contributed by atoms with Crippen molar-refractivity contribution in [3.8, 4) is 0 Å². The third kappa shape index (κ3) is 7.34. The molecule has 2 fully saturated rings. The second-order valence-corrected chi connectivity index (χ2v) is 11.3. The van der Waals surface area contributed by atoms with E-state index in [-0.39, 0.29) is 0 Å². The van der Waals surface area contributed by atoms with E-state index in [0.717, 1.165) is 36.5 Å². The van der Waals surface area contributed by atoms with Crippen LogP contribution in [-0.2, 0) is 12.8 Å². The lowest BCUT2D eigenvalue weighted by molar-refractivity contribution is 0.152. The van der Waals surface area contributed by atoms with Crippen LogP contribution in [0.25, 0.3) is 10.8 Å². The van der Waals surface area contributed by atoms with E-state index in [2.05, 4.69) is 74.5 Å². The molecule has 0 atom stereocenters. The van der Waals surface area contributed by atoms with E-state index in [9.17, 15) is 0 Å². The lowest BCUT2D eigenvalue weighted by Crippen LogP contribution is -2.25. The Morgan fingerprint density at radius 2 is 1.32 bits per heavy atom. The van der Waals surface area contributed by atoms with Crippen molar-refractivity contribution in [2.45, 2.75) is 104 Å². The molecular formula is C34H48. The Hall–Kier alpha value is -1.82. The molecular weight excluding hydrogens is 408 g/mol. The standard InChI is InChI=1S/C34H48/c1-3-5-7-9-27-13-19-31(20-14-27)32-21-15-28(16-22-32)11-12-30-18-24-33-25-29(10-8-6-4-2)17-23-34(33)26-30/h4,6-7,9,17-18,23-28,31-32H,3,5,8,10-16,19-22H2,1-2H3/b6-4+,9-7+. The number of hydrogen-bond acceptors (Lipinski definition) is 0. The van der Waals surface area contributed by atoms with E-state index in [1.165, 1.54) is 98.9 Å². The van der Waals surface area contributed by atoms with Crippen LogP contribution < -0.4 is 0 Å². The van der Waals surface area contributed by atoms with Crippen molar-refractivity contribution in [3.63, 3.8) is 0 Å². The summed E-state index contributed by atoms with van der Waals surface area (Å²) in [6.07, 6.45) is 28.7. The molecule has 0 bridgehead atoms. The molecule has 2 aromatic carbocycles. The Kier molecular flexibility index (Phi) is 9.90. The zero-order chi connectivity index (χ0) is 23.6. The number of rotatable bonds is 10. The maximum absolute atomic E-state index is 2.54. The van der Waals surface area contributed by atoms with Gasteiger partial charge in [-0.2, -0.15) is 0 Å². The van der Waals surface area contributed by atoms with Crippen molar-refractivity contribution in [2.24, 2.45) is 23.7 Å². The molecule has 0 N–H and O–H groups in total. The molecule has 0 spiro atoms. The van der Waals surface area contributed by atoms with Gasteiger partial charge in [-0.05, 0) is 123 Å². The van der Waals surface area contributed by atoms with Crippen molar-refractivity contribution in [2.75, 3.05) is 0 Å². The van der Waals surface area contributed by atoms with Crippen LogP contribution in [-0.4, -0.2) is 0 Å². The number of hydrogen-bond donors (Lipinski definition) is 0. The summed E-state index contributed by atoms with van der Waals surface area (Å²) in [7, 11) is 0. The third-order valence-corrected chi connectivity index (χ3v) is 8.88. The largest absolute Gasteiger partial charge is 0.0917 e. The van der Waals surface area contributed by atoms with Gasteiger partial charge in [0.2, 0.25) is 0 Å². The van der Waals surface area contributed by atoms with Crippen molar-refractivity contribution in [3.05, 3.63) is 71.8 Å². The number of unbranched alkanes of at least 4 members (excludes halogenated alkanes) is 1. The fraction of sp³-hybridized carbons (Fsp3) is 0.588. The highest BCUT2D eigenvalue weighted by Gasteiger charge is 2.30. The first kappa shape index (κ1) is 25.3. The van der Waals surface area contributed by atoms with Crippen molar-refractivity contribution in [1.29, 1.82) is 0 Å². The van der Waals surface area contributed by atoms with Gasteiger partial charge in [-0.25, -0.2) is 0 Å². The average molecular weight is 457 g/mol. The van der Waals surface area contributed by atoms with Gasteiger partial charge in [0.25, 0.3) is 0 Å². The minimum atomic E-state index is 0.880. The molecule has 0 heterocycles. The van der Waals surface area contributed by atoms with Gasteiger partial charge in [0.05, 0.1) is 0 Å². The zero-order valence-corrected chi connectivity index (χ0v) is 22.0. The normalized spacial score (nSPS) is 26.1. The molecule has 0 saturated heterocycles. The summed E-state index contributed by atoms with van der Waals surface area (Å²) >= 11 is 0. The Morgan fingerprint density at radius 1 is 0.706 bits per heavy atom. The first-order valence-electron chi connectivity index (χ1n) is 14.5. The van der Waals surface area contributed by atoms with Gasteiger partial charge >= 0.3 is 0 Å². The summed E-state index contributed by atoms with van der Waals surface area (Å²) in [6, 6.07) is 14.2. The van der Waals surface area contributed by atoms with Crippen LogP contribution in [0.15, 0.2) is 60.7 Å². The average Bonchev–Trinajstić information content (AvgIpc) is 2.88. The number of aryl methyl sites for hydroxylation is 2. The molecule has 0 unspecified atom stereocenters. The topological polar surface area (TPSA) is 0 Å². The fourth-order valence-corrected chi connectivity index (χ4v) is 6.66. The molecule has 2 aliphatic rings. The van der Waals surface area contributed by atoms with E-state index < -0.39 is 0 Å². The minimum Gasteiger partial charge on any atom is -0.0917 e. The van der Waals surface area contributed by atoms with Crippen LogP contribution in [0.2, 0.25) is 0 Å². The monoisotopic (exact) mass is 456 g/mol. The molecule has 34 heavy (non-hydrogen) atoms. The highest BCUT2D eigenvalue weighted by atomic mass is 14.4. The van der Waals surface area contributed by atoms with Crippen molar-refractivity contribution in [1.82, 2.24) is 0 Å². The van der Waals surface area contributed by atoms with Crippen LogP contribution in [0.5, 0.6) is 0 Å². The Balaban J connectivity index is 1.19. The summed E-state index contributed by atoms with van der Waals surface area (Å²) < 4.78 is 0. The second kappa shape index (κ2) is 13.3. The second-order valence-electron chi connectivity index (χ2n) is 11.3. The molecule has 0 radical (unpaired) electrons. The van der Waals surface area contributed by atoms with Gasteiger partial charge in [0, 0.05) is 0 Å². The maximum atomic E-state index is 2.54. The summed E-state index contributed by atoms with van der Waals surface area (Å²) in [5.41, 5.74) is 2.99. The van der Waals surface area contributed by atoms with E-state index in [1.54, 1.807) is 0 Å². The molecule has 0 heteroatoms. The van der Waals surface area contributed by atoms with Gasteiger partial charge in [-0.15, -0.1) is 0 Å². The van der Waals surface area contributed by atoms with Gasteiger partial charge in [0.1, 0.15) is 0 Å². The van der Waals surface area contributed by atoms with Crippen LogP contribution >= 0.6 is 0 Å².